The molecule has 1 aromatic carbocycles. The summed E-state index contributed by atoms with van der Waals surface area (Å²) in [4.78, 5) is 46.1. The van der Waals surface area contributed by atoms with Gasteiger partial charge in [-0.15, -0.1) is 0 Å². The number of halogens is 3. The summed E-state index contributed by atoms with van der Waals surface area (Å²) in [5.74, 6) is -3.84. The summed E-state index contributed by atoms with van der Waals surface area (Å²) in [7, 11) is 0. The molecule has 1 saturated heterocycles. The van der Waals surface area contributed by atoms with Crippen molar-refractivity contribution in [3.8, 4) is 0 Å². The Bertz CT molecular complexity index is 1090. The van der Waals surface area contributed by atoms with E-state index in [-0.39, 0.29) is 34.2 Å². The molecule has 1 unspecified atom stereocenters. The number of hydrogen-bond acceptors (Lipinski definition) is 5. The van der Waals surface area contributed by atoms with Crippen LogP contribution in [-0.2, 0) is 9.53 Å². The van der Waals surface area contributed by atoms with Crippen LogP contribution in [0.5, 0.6) is 0 Å². The quantitative estimate of drug-likeness (QED) is 0.527. The van der Waals surface area contributed by atoms with Gasteiger partial charge in [-0.2, -0.15) is 0 Å². The largest absolute Gasteiger partial charge is 0.376 e. The Kier molecular flexibility index (Phi) is 7.66. The van der Waals surface area contributed by atoms with Crippen LogP contribution in [0.4, 0.5) is 14.5 Å². The van der Waals surface area contributed by atoms with Gasteiger partial charge in [0.2, 0.25) is 5.91 Å². The SMILES string of the molecule is NC(=O)c1nc[nH]c1C(=O)N(CC1CCCO1)C1CCC(C(=O)Nc2c(F)cc(F)cc2Cl)CC1. The molecular formula is C23H26ClF2N5O4. The molecule has 1 aliphatic heterocycles. The van der Waals surface area contributed by atoms with Gasteiger partial charge < -0.3 is 25.7 Å². The number of rotatable bonds is 7. The van der Waals surface area contributed by atoms with E-state index in [1.54, 1.807) is 4.90 Å². The summed E-state index contributed by atoms with van der Waals surface area (Å²) in [6.45, 7) is 0.965. The van der Waals surface area contributed by atoms with Gasteiger partial charge in [0.25, 0.3) is 11.8 Å². The molecule has 3 amide bonds. The molecule has 188 valence electrons. The predicted molar refractivity (Wildman–Crippen MR) is 123 cm³/mol. The maximum Gasteiger partial charge on any atom is 0.273 e. The van der Waals surface area contributed by atoms with Gasteiger partial charge >= 0.3 is 0 Å². The first-order chi connectivity index (χ1) is 16.7. The fraction of sp³-hybridized carbons (Fsp3) is 0.478. The molecule has 0 radical (unpaired) electrons. The lowest BCUT2D eigenvalue weighted by atomic mass is 9.84. The number of amides is 3. The highest BCUT2D eigenvalue weighted by atomic mass is 35.5. The van der Waals surface area contributed by atoms with Crippen LogP contribution in [-0.4, -0.2) is 57.9 Å². The summed E-state index contributed by atoms with van der Waals surface area (Å²) >= 11 is 5.89. The molecule has 0 bridgehead atoms. The summed E-state index contributed by atoms with van der Waals surface area (Å²) in [5, 5.41) is 2.25. The Morgan fingerprint density at radius 1 is 1.20 bits per heavy atom. The lowest BCUT2D eigenvalue weighted by Gasteiger charge is -2.37. The zero-order chi connectivity index (χ0) is 25.1. The molecular weight excluding hydrogens is 484 g/mol. The second-order valence-electron chi connectivity index (χ2n) is 8.82. The maximum absolute atomic E-state index is 14.1. The topological polar surface area (TPSA) is 130 Å². The van der Waals surface area contributed by atoms with Crippen molar-refractivity contribution in [3.63, 3.8) is 0 Å². The number of carbonyl (C=O) groups excluding carboxylic acids is 3. The number of H-pyrrole nitrogens is 1. The van der Waals surface area contributed by atoms with Crippen molar-refractivity contribution in [1.82, 2.24) is 14.9 Å². The lowest BCUT2D eigenvalue weighted by molar-refractivity contribution is -0.121. The van der Waals surface area contributed by atoms with Crippen LogP contribution in [0.1, 0.15) is 59.5 Å². The van der Waals surface area contributed by atoms with Gasteiger partial charge in [0.15, 0.2) is 11.5 Å². The molecule has 2 aromatic rings. The number of nitrogens with one attached hydrogen (secondary N) is 2. The van der Waals surface area contributed by atoms with Gasteiger partial charge in [0, 0.05) is 31.2 Å². The van der Waals surface area contributed by atoms with E-state index >= 15 is 0 Å². The van der Waals surface area contributed by atoms with Gasteiger partial charge in [-0.3, -0.25) is 14.4 Å². The Hall–Kier alpha value is -3.05. The van der Waals surface area contributed by atoms with Crippen molar-refractivity contribution >= 4 is 35.0 Å². The van der Waals surface area contributed by atoms with Crippen LogP contribution in [0.25, 0.3) is 0 Å². The Labute approximate surface area is 205 Å². The molecule has 1 aromatic heterocycles. The summed E-state index contributed by atoms with van der Waals surface area (Å²) in [6.07, 6.45) is 4.75. The van der Waals surface area contributed by atoms with Crippen molar-refractivity contribution in [1.29, 1.82) is 0 Å². The molecule has 4 rings (SSSR count). The normalized spacial score (nSPS) is 22.1. The molecule has 35 heavy (non-hydrogen) atoms. The number of aromatic nitrogens is 2. The number of aromatic amines is 1. The number of nitrogens with two attached hydrogens (primary N) is 1. The molecule has 2 fully saturated rings. The fourth-order valence-corrected chi connectivity index (χ4v) is 4.97. The van der Waals surface area contributed by atoms with E-state index in [2.05, 4.69) is 15.3 Å². The first-order valence-electron chi connectivity index (χ1n) is 11.5. The standard InChI is InChI=1S/C23H26ClF2N5O4/c24-16-8-13(25)9-17(26)18(16)30-22(33)12-3-5-14(6-4-12)31(10-15-2-1-7-35-15)23(34)20-19(21(27)32)28-11-29-20/h8-9,11-12,14-15H,1-7,10H2,(H2,27,32)(H,28,29)(H,30,33). The zero-order valence-corrected chi connectivity index (χ0v) is 19.6. The van der Waals surface area contributed by atoms with Gasteiger partial charge in [0.1, 0.15) is 11.5 Å². The average Bonchev–Trinajstić information content (AvgIpc) is 3.52. The van der Waals surface area contributed by atoms with Crippen molar-refractivity contribution in [2.24, 2.45) is 11.7 Å². The average molecular weight is 510 g/mol. The molecule has 9 nitrogen and oxygen atoms in total. The van der Waals surface area contributed by atoms with Gasteiger partial charge in [-0.05, 0) is 44.6 Å². The molecule has 2 heterocycles. The first kappa shape index (κ1) is 25.1. The number of ether oxygens (including phenoxy) is 1. The molecule has 1 atom stereocenters. The van der Waals surface area contributed by atoms with Gasteiger partial charge in [-0.25, -0.2) is 13.8 Å². The molecule has 1 aliphatic carbocycles. The van der Waals surface area contributed by atoms with Gasteiger partial charge in [-0.1, -0.05) is 11.6 Å². The third kappa shape index (κ3) is 5.62. The van der Waals surface area contributed by atoms with Crippen LogP contribution in [0.2, 0.25) is 5.02 Å². The second kappa shape index (κ2) is 10.7. The van der Waals surface area contributed by atoms with E-state index < -0.39 is 35.3 Å². The van der Waals surface area contributed by atoms with Crippen LogP contribution < -0.4 is 11.1 Å². The number of anilines is 1. The molecule has 1 saturated carbocycles. The van der Waals surface area contributed by atoms with Crippen molar-refractivity contribution < 1.29 is 27.9 Å². The van der Waals surface area contributed by atoms with Crippen LogP contribution in [0.3, 0.4) is 0 Å². The van der Waals surface area contributed by atoms with E-state index in [1.807, 2.05) is 0 Å². The Balaban J connectivity index is 1.45. The predicted octanol–water partition coefficient (Wildman–Crippen LogP) is 3.26. The highest BCUT2D eigenvalue weighted by molar-refractivity contribution is 6.33. The number of nitrogens with zero attached hydrogens (tertiary/aromatic N) is 2. The van der Waals surface area contributed by atoms with Crippen molar-refractivity contribution in [2.45, 2.75) is 50.7 Å². The minimum atomic E-state index is -0.949. The minimum Gasteiger partial charge on any atom is -0.376 e. The first-order valence-corrected chi connectivity index (χ1v) is 11.8. The fourth-order valence-electron chi connectivity index (χ4n) is 4.73. The zero-order valence-electron chi connectivity index (χ0n) is 18.9. The summed E-state index contributed by atoms with van der Waals surface area (Å²) in [5.41, 5.74) is 5.01. The summed E-state index contributed by atoms with van der Waals surface area (Å²) in [6, 6.07) is 1.38. The molecule has 0 spiro atoms. The van der Waals surface area contributed by atoms with E-state index in [1.165, 1.54) is 6.33 Å². The number of imidazole rings is 1. The minimum absolute atomic E-state index is 0.0248. The molecule has 12 heteroatoms. The highest BCUT2D eigenvalue weighted by Gasteiger charge is 2.36. The van der Waals surface area contributed by atoms with E-state index in [0.717, 1.165) is 18.9 Å². The number of carbonyl (C=O) groups is 3. The number of benzene rings is 1. The lowest BCUT2D eigenvalue weighted by Crippen LogP contribution is -2.47. The van der Waals surface area contributed by atoms with E-state index in [0.29, 0.717) is 44.9 Å². The second-order valence-corrected chi connectivity index (χ2v) is 9.23. The van der Waals surface area contributed by atoms with Crippen LogP contribution in [0.15, 0.2) is 18.5 Å². The number of primary amides is 1. The third-order valence-electron chi connectivity index (χ3n) is 6.54. The van der Waals surface area contributed by atoms with E-state index in [9.17, 15) is 23.2 Å². The van der Waals surface area contributed by atoms with Crippen molar-refractivity contribution in [2.75, 3.05) is 18.5 Å². The number of hydrogen-bond donors (Lipinski definition) is 3. The van der Waals surface area contributed by atoms with Crippen LogP contribution >= 0.6 is 11.6 Å². The van der Waals surface area contributed by atoms with Crippen molar-refractivity contribution in [3.05, 3.63) is 46.5 Å². The summed E-state index contributed by atoms with van der Waals surface area (Å²) < 4.78 is 33.1. The third-order valence-corrected chi connectivity index (χ3v) is 6.83. The van der Waals surface area contributed by atoms with E-state index in [4.69, 9.17) is 22.1 Å². The van der Waals surface area contributed by atoms with Gasteiger partial charge in [0.05, 0.1) is 23.1 Å². The van der Waals surface area contributed by atoms with Crippen LogP contribution in [0, 0.1) is 17.6 Å². The highest BCUT2D eigenvalue weighted by Crippen LogP contribution is 2.32. The maximum atomic E-state index is 14.1. The molecule has 2 aliphatic rings. The Morgan fingerprint density at radius 2 is 1.94 bits per heavy atom. The smallest absolute Gasteiger partial charge is 0.273 e. The Morgan fingerprint density at radius 3 is 2.57 bits per heavy atom. The monoisotopic (exact) mass is 509 g/mol. The molecule has 4 N–H and O–H groups in total.